The van der Waals surface area contributed by atoms with Crippen LogP contribution in [0, 0.1) is 31.3 Å². The van der Waals surface area contributed by atoms with Crippen molar-refractivity contribution >= 4 is 0 Å². The van der Waals surface area contributed by atoms with E-state index < -0.39 is 23.5 Å². The molecule has 106 valence electrons. The summed E-state index contributed by atoms with van der Waals surface area (Å²) < 4.78 is 40.4. The van der Waals surface area contributed by atoms with Crippen molar-refractivity contribution < 1.29 is 13.2 Å². The second-order valence-corrected chi connectivity index (χ2v) is 5.02. The van der Waals surface area contributed by atoms with E-state index >= 15 is 0 Å². The number of halogens is 3. The minimum Gasteiger partial charge on any atom is -0.324 e. The van der Waals surface area contributed by atoms with E-state index in [9.17, 15) is 13.2 Å². The van der Waals surface area contributed by atoms with Crippen molar-refractivity contribution in [1.29, 1.82) is 0 Å². The molecule has 20 heavy (non-hydrogen) atoms. The van der Waals surface area contributed by atoms with Gasteiger partial charge in [-0.2, -0.15) is 0 Å². The smallest absolute Gasteiger partial charge is 0.129 e. The normalized spacial score (nSPS) is 12.5. The van der Waals surface area contributed by atoms with Gasteiger partial charge in [0.15, 0.2) is 0 Å². The molecule has 1 unspecified atom stereocenters. The Labute approximate surface area is 116 Å². The summed E-state index contributed by atoms with van der Waals surface area (Å²) in [6, 6.07) is 5.88. The van der Waals surface area contributed by atoms with Gasteiger partial charge in [0.2, 0.25) is 0 Å². The third kappa shape index (κ3) is 3.02. The highest BCUT2D eigenvalue weighted by atomic mass is 19.1. The van der Waals surface area contributed by atoms with Crippen LogP contribution in [0.25, 0.3) is 0 Å². The molecule has 0 saturated carbocycles. The van der Waals surface area contributed by atoms with Gasteiger partial charge in [0.1, 0.15) is 17.5 Å². The molecule has 2 rings (SSSR count). The van der Waals surface area contributed by atoms with Crippen molar-refractivity contribution in [2.45, 2.75) is 26.3 Å². The summed E-state index contributed by atoms with van der Waals surface area (Å²) in [7, 11) is 0. The largest absolute Gasteiger partial charge is 0.324 e. The van der Waals surface area contributed by atoms with Gasteiger partial charge < -0.3 is 5.73 Å². The van der Waals surface area contributed by atoms with Crippen LogP contribution in [0.4, 0.5) is 13.2 Å². The fourth-order valence-electron chi connectivity index (χ4n) is 2.42. The van der Waals surface area contributed by atoms with E-state index in [2.05, 4.69) is 0 Å². The van der Waals surface area contributed by atoms with Crippen LogP contribution >= 0.6 is 0 Å². The first-order valence-electron chi connectivity index (χ1n) is 6.34. The van der Waals surface area contributed by atoms with Crippen LogP contribution in [0.3, 0.4) is 0 Å². The summed E-state index contributed by atoms with van der Waals surface area (Å²) in [5.41, 5.74) is 8.18. The van der Waals surface area contributed by atoms with Crippen LogP contribution in [-0.2, 0) is 6.42 Å². The zero-order valence-electron chi connectivity index (χ0n) is 11.4. The zero-order chi connectivity index (χ0) is 14.9. The Bertz CT molecular complexity index is 615. The lowest BCUT2D eigenvalue weighted by atomic mass is 9.94. The number of rotatable bonds is 3. The fourth-order valence-corrected chi connectivity index (χ4v) is 2.42. The van der Waals surface area contributed by atoms with Gasteiger partial charge >= 0.3 is 0 Å². The Morgan fingerprint density at radius 3 is 2.30 bits per heavy atom. The van der Waals surface area contributed by atoms with E-state index in [1.54, 1.807) is 13.8 Å². The maximum Gasteiger partial charge on any atom is 0.129 e. The Hall–Kier alpha value is -1.81. The van der Waals surface area contributed by atoms with Gasteiger partial charge in [-0.15, -0.1) is 0 Å². The molecule has 0 bridgehead atoms. The molecule has 2 aromatic carbocycles. The molecule has 0 radical (unpaired) electrons. The first-order valence-corrected chi connectivity index (χ1v) is 6.34. The summed E-state index contributed by atoms with van der Waals surface area (Å²) in [5, 5.41) is 0. The molecule has 1 nitrogen and oxygen atoms in total. The van der Waals surface area contributed by atoms with Gasteiger partial charge in [0, 0.05) is 17.7 Å². The molecule has 0 saturated heterocycles. The number of nitrogens with two attached hydrogens (primary N) is 1. The second kappa shape index (κ2) is 5.67. The highest BCUT2D eigenvalue weighted by Gasteiger charge is 2.17. The summed E-state index contributed by atoms with van der Waals surface area (Å²) >= 11 is 0. The van der Waals surface area contributed by atoms with E-state index in [0.717, 1.165) is 17.2 Å². The molecule has 0 aliphatic heterocycles. The lowest BCUT2D eigenvalue weighted by molar-refractivity contribution is 0.548. The molecule has 0 aliphatic carbocycles. The molecule has 2 aromatic rings. The standard InChI is InChI=1S/C16H16F3N/c1-9-5-10(2)16(14(19)6-9)15(20)7-11-3-4-12(17)8-13(11)18/h3-6,8,15H,7,20H2,1-2H3. The van der Waals surface area contributed by atoms with Crippen molar-refractivity contribution in [3.05, 3.63) is 70.0 Å². The van der Waals surface area contributed by atoms with Crippen molar-refractivity contribution in [3.8, 4) is 0 Å². The highest BCUT2D eigenvalue weighted by molar-refractivity contribution is 5.35. The first kappa shape index (κ1) is 14.6. The van der Waals surface area contributed by atoms with Gasteiger partial charge in [-0.3, -0.25) is 0 Å². The predicted molar refractivity (Wildman–Crippen MR) is 72.9 cm³/mol. The molecule has 1 atom stereocenters. The number of hydrogen-bond donors (Lipinski definition) is 1. The third-order valence-electron chi connectivity index (χ3n) is 3.31. The van der Waals surface area contributed by atoms with Crippen LogP contribution in [0.2, 0.25) is 0 Å². The van der Waals surface area contributed by atoms with Gasteiger partial charge in [-0.1, -0.05) is 12.1 Å². The van der Waals surface area contributed by atoms with Gasteiger partial charge in [-0.05, 0) is 49.1 Å². The summed E-state index contributed by atoms with van der Waals surface area (Å²) in [6.07, 6.45) is 0.118. The Kier molecular flexibility index (Phi) is 4.14. The highest BCUT2D eigenvalue weighted by Crippen LogP contribution is 2.25. The van der Waals surface area contributed by atoms with Gasteiger partial charge in [0.25, 0.3) is 0 Å². The van der Waals surface area contributed by atoms with E-state index in [1.807, 2.05) is 6.07 Å². The van der Waals surface area contributed by atoms with E-state index in [0.29, 0.717) is 5.56 Å². The lowest BCUT2D eigenvalue weighted by Crippen LogP contribution is -2.17. The average Bonchev–Trinajstić information content (AvgIpc) is 2.31. The molecule has 0 heterocycles. The fraction of sp³-hybridized carbons (Fsp3) is 0.250. The molecule has 2 N–H and O–H groups in total. The van der Waals surface area contributed by atoms with Crippen molar-refractivity contribution in [2.75, 3.05) is 0 Å². The Morgan fingerprint density at radius 1 is 1.00 bits per heavy atom. The number of hydrogen-bond acceptors (Lipinski definition) is 1. The maximum atomic E-state index is 14.0. The van der Waals surface area contributed by atoms with Crippen LogP contribution < -0.4 is 5.73 Å². The third-order valence-corrected chi connectivity index (χ3v) is 3.31. The Balaban J connectivity index is 2.31. The molecule has 0 aromatic heterocycles. The van der Waals surface area contributed by atoms with Crippen LogP contribution in [-0.4, -0.2) is 0 Å². The SMILES string of the molecule is Cc1cc(C)c(C(N)Cc2ccc(F)cc2F)c(F)c1. The van der Waals surface area contributed by atoms with Crippen LogP contribution in [0.15, 0.2) is 30.3 Å². The summed E-state index contributed by atoms with van der Waals surface area (Å²) in [4.78, 5) is 0. The van der Waals surface area contributed by atoms with E-state index in [4.69, 9.17) is 5.73 Å². The molecular formula is C16H16F3N. The van der Waals surface area contributed by atoms with Gasteiger partial charge in [0.05, 0.1) is 0 Å². The quantitative estimate of drug-likeness (QED) is 0.904. The lowest BCUT2D eigenvalue weighted by Gasteiger charge is -2.17. The average molecular weight is 279 g/mol. The minimum absolute atomic E-state index is 0.118. The molecule has 0 fully saturated rings. The van der Waals surface area contributed by atoms with Crippen molar-refractivity contribution in [3.63, 3.8) is 0 Å². The topological polar surface area (TPSA) is 26.0 Å². The van der Waals surface area contributed by atoms with Crippen LogP contribution in [0.1, 0.15) is 28.3 Å². The number of benzene rings is 2. The van der Waals surface area contributed by atoms with E-state index in [1.165, 1.54) is 18.2 Å². The van der Waals surface area contributed by atoms with Crippen LogP contribution in [0.5, 0.6) is 0 Å². The van der Waals surface area contributed by atoms with E-state index in [-0.39, 0.29) is 12.0 Å². The molecule has 4 heteroatoms. The monoisotopic (exact) mass is 279 g/mol. The van der Waals surface area contributed by atoms with Crippen molar-refractivity contribution in [2.24, 2.45) is 5.73 Å². The summed E-state index contributed by atoms with van der Waals surface area (Å²) in [6.45, 7) is 3.57. The number of aryl methyl sites for hydroxylation is 2. The zero-order valence-corrected chi connectivity index (χ0v) is 11.4. The molecule has 0 aliphatic rings. The molecule has 0 amide bonds. The Morgan fingerprint density at radius 2 is 1.70 bits per heavy atom. The van der Waals surface area contributed by atoms with Gasteiger partial charge in [-0.25, -0.2) is 13.2 Å². The predicted octanol–water partition coefficient (Wildman–Crippen LogP) is 3.96. The molecule has 0 spiro atoms. The second-order valence-electron chi connectivity index (χ2n) is 5.02. The first-order chi connectivity index (χ1) is 9.38. The molecular weight excluding hydrogens is 263 g/mol. The minimum atomic E-state index is -0.671. The van der Waals surface area contributed by atoms with Crippen molar-refractivity contribution in [1.82, 2.24) is 0 Å². The maximum absolute atomic E-state index is 14.0. The summed E-state index contributed by atoms with van der Waals surface area (Å²) in [5.74, 6) is -1.69.